The number of carbonyl (C=O) groups is 2. The molecule has 28 heavy (non-hydrogen) atoms. The topological polar surface area (TPSA) is 84.1 Å². The summed E-state index contributed by atoms with van der Waals surface area (Å²) in [4.78, 5) is 31.7. The van der Waals surface area contributed by atoms with Gasteiger partial charge in [0.25, 0.3) is 5.91 Å². The monoisotopic (exact) mass is 421 g/mol. The van der Waals surface area contributed by atoms with Crippen molar-refractivity contribution in [2.45, 2.75) is 6.92 Å². The summed E-state index contributed by atoms with van der Waals surface area (Å²) in [7, 11) is 0. The summed E-state index contributed by atoms with van der Waals surface area (Å²) in [5.74, 6) is -1.67. The van der Waals surface area contributed by atoms with Crippen molar-refractivity contribution in [3.05, 3.63) is 75.5 Å². The second-order valence-corrected chi connectivity index (χ2v) is 6.42. The second-order valence-electron chi connectivity index (χ2n) is 5.61. The molecule has 0 atom stereocenters. The van der Waals surface area contributed by atoms with Crippen molar-refractivity contribution < 1.29 is 18.7 Å². The Bertz CT molecular complexity index is 1050. The summed E-state index contributed by atoms with van der Waals surface area (Å²) in [5.41, 5.74) is 0.171. The lowest BCUT2D eigenvalue weighted by Crippen LogP contribution is -2.13. The van der Waals surface area contributed by atoms with E-state index in [0.29, 0.717) is 18.0 Å². The summed E-state index contributed by atoms with van der Waals surface area (Å²) in [6, 6.07) is 5.51. The molecule has 9 heteroatoms. The number of aromatic amines is 1. The number of ether oxygens (including phenoxy) is 1. The number of hydrogen-bond donors (Lipinski definition) is 2. The number of anilines is 1. The summed E-state index contributed by atoms with van der Waals surface area (Å²) in [5, 5.41) is 2.35. The number of nitrogens with zero attached hydrogens (tertiary/aromatic N) is 1. The number of rotatable bonds is 6. The lowest BCUT2D eigenvalue weighted by atomic mass is 10.0. The summed E-state index contributed by atoms with van der Waals surface area (Å²) >= 11 is 11.7. The Hall–Kier alpha value is -2.90. The molecule has 1 amide bonds. The Morgan fingerprint density at radius 2 is 2.00 bits per heavy atom. The molecule has 144 valence electrons. The third-order valence-electron chi connectivity index (χ3n) is 3.79. The van der Waals surface area contributed by atoms with Crippen LogP contribution in [0.15, 0.2) is 42.9 Å². The molecule has 2 N–H and O–H groups in total. The summed E-state index contributed by atoms with van der Waals surface area (Å²) in [6.07, 6.45) is 4.27. The van der Waals surface area contributed by atoms with Crippen LogP contribution in [0.2, 0.25) is 10.0 Å². The van der Waals surface area contributed by atoms with Gasteiger partial charge in [0.2, 0.25) is 0 Å². The molecule has 3 aromatic rings. The average Bonchev–Trinajstić information content (AvgIpc) is 3.17. The molecule has 6 nitrogen and oxygen atoms in total. The van der Waals surface area contributed by atoms with Crippen LogP contribution < -0.4 is 10.1 Å². The van der Waals surface area contributed by atoms with Crippen LogP contribution in [0.4, 0.5) is 10.1 Å². The van der Waals surface area contributed by atoms with E-state index in [4.69, 9.17) is 27.9 Å². The number of hydrogen-bond acceptors (Lipinski definition) is 4. The summed E-state index contributed by atoms with van der Waals surface area (Å²) < 4.78 is 19.6. The largest absolute Gasteiger partial charge is 0.492 e. The van der Waals surface area contributed by atoms with Gasteiger partial charge in [0.15, 0.2) is 11.6 Å². The van der Waals surface area contributed by atoms with Crippen molar-refractivity contribution in [3.8, 4) is 5.75 Å². The van der Waals surface area contributed by atoms with Gasteiger partial charge in [0.05, 0.1) is 28.4 Å². The number of carbonyl (C=O) groups excluding carboxylic acids is 2. The molecular formula is C19H14Cl2FN3O3. The van der Waals surface area contributed by atoms with Crippen LogP contribution in [-0.2, 0) is 0 Å². The molecule has 2 aromatic heterocycles. The van der Waals surface area contributed by atoms with E-state index in [-0.39, 0.29) is 26.9 Å². The quantitative estimate of drug-likeness (QED) is 0.444. The highest BCUT2D eigenvalue weighted by Crippen LogP contribution is 2.28. The molecule has 0 spiro atoms. The second kappa shape index (κ2) is 8.41. The molecule has 0 bridgehead atoms. The van der Waals surface area contributed by atoms with Gasteiger partial charge in [-0.25, -0.2) is 4.39 Å². The standard InChI is InChI=1S/C19H14Cl2FN3O3/c1-2-28-15-5-6-23-9-14(15)25-19(27)13-7-10(8-24-13)18(26)16-11(20)3-4-12(21)17(16)22/h3-9,24H,2H2,1H3,(H,25,27). The number of ketones is 1. The van der Waals surface area contributed by atoms with Crippen LogP contribution in [0, 0.1) is 5.82 Å². The van der Waals surface area contributed by atoms with Crippen molar-refractivity contribution in [3.63, 3.8) is 0 Å². The van der Waals surface area contributed by atoms with E-state index in [1.54, 1.807) is 6.07 Å². The van der Waals surface area contributed by atoms with Gasteiger partial charge in [-0.2, -0.15) is 0 Å². The number of amides is 1. The van der Waals surface area contributed by atoms with Gasteiger partial charge in [0.1, 0.15) is 17.1 Å². The maximum Gasteiger partial charge on any atom is 0.272 e. The fourth-order valence-electron chi connectivity index (χ4n) is 2.48. The molecule has 0 aliphatic rings. The van der Waals surface area contributed by atoms with E-state index in [0.717, 1.165) is 0 Å². The van der Waals surface area contributed by atoms with Crippen LogP contribution in [0.25, 0.3) is 0 Å². The van der Waals surface area contributed by atoms with E-state index < -0.39 is 17.5 Å². The number of halogens is 3. The van der Waals surface area contributed by atoms with Gasteiger partial charge in [0, 0.05) is 24.0 Å². The number of pyridine rings is 1. The SMILES string of the molecule is CCOc1ccncc1NC(=O)c1cc(C(=O)c2c(Cl)ccc(Cl)c2F)c[nH]1. The smallest absolute Gasteiger partial charge is 0.272 e. The lowest BCUT2D eigenvalue weighted by molar-refractivity contribution is 0.102. The first kappa shape index (κ1) is 19.9. The minimum absolute atomic E-state index is 0.0597. The third-order valence-corrected chi connectivity index (χ3v) is 4.40. The van der Waals surface area contributed by atoms with Crippen molar-refractivity contribution in [1.29, 1.82) is 0 Å². The van der Waals surface area contributed by atoms with E-state index >= 15 is 0 Å². The fraction of sp³-hybridized carbons (Fsp3) is 0.105. The Balaban J connectivity index is 1.84. The normalized spacial score (nSPS) is 10.6. The third kappa shape index (κ3) is 4.00. The van der Waals surface area contributed by atoms with Crippen LogP contribution in [0.3, 0.4) is 0 Å². The van der Waals surface area contributed by atoms with Crippen LogP contribution in [0.1, 0.15) is 33.3 Å². The summed E-state index contributed by atoms with van der Waals surface area (Å²) in [6.45, 7) is 2.23. The van der Waals surface area contributed by atoms with Gasteiger partial charge in [-0.05, 0) is 25.1 Å². The molecular weight excluding hydrogens is 408 g/mol. The van der Waals surface area contributed by atoms with Gasteiger partial charge in [-0.1, -0.05) is 23.2 Å². The Morgan fingerprint density at radius 3 is 2.75 bits per heavy atom. The van der Waals surface area contributed by atoms with Gasteiger partial charge >= 0.3 is 0 Å². The molecule has 0 aliphatic carbocycles. The number of nitrogens with one attached hydrogen (secondary N) is 2. The highest BCUT2D eigenvalue weighted by Gasteiger charge is 2.22. The van der Waals surface area contributed by atoms with Crippen LogP contribution in [-0.4, -0.2) is 28.3 Å². The van der Waals surface area contributed by atoms with E-state index in [2.05, 4.69) is 15.3 Å². The number of benzene rings is 1. The maximum atomic E-state index is 14.2. The van der Waals surface area contributed by atoms with E-state index in [1.807, 2.05) is 6.92 Å². The number of H-pyrrole nitrogens is 1. The molecule has 0 aliphatic heterocycles. The molecule has 0 saturated heterocycles. The van der Waals surface area contributed by atoms with Gasteiger partial charge in [-0.15, -0.1) is 0 Å². The highest BCUT2D eigenvalue weighted by molar-refractivity contribution is 6.37. The molecule has 0 saturated carbocycles. The Morgan fingerprint density at radius 1 is 1.25 bits per heavy atom. The van der Waals surface area contributed by atoms with Crippen molar-refractivity contribution >= 4 is 40.6 Å². The molecule has 0 unspecified atom stereocenters. The first-order valence-corrected chi connectivity index (χ1v) is 8.92. The predicted octanol–water partition coefficient (Wildman–Crippen LogP) is 4.74. The first-order valence-electron chi connectivity index (χ1n) is 8.17. The predicted molar refractivity (Wildman–Crippen MR) is 104 cm³/mol. The van der Waals surface area contributed by atoms with Crippen molar-refractivity contribution in [1.82, 2.24) is 9.97 Å². The zero-order valence-electron chi connectivity index (χ0n) is 14.6. The molecule has 0 radical (unpaired) electrons. The molecule has 2 heterocycles. The fourth-order valence-corrected chi connectivity index (χ4v) is 2.87. The number of aromatic nitrogens is 2. The van der Waals surface area contributed by atoms with Crippen LogP contribution in [0.5, 0.6) is 5.75 Å². The highest BCUT2D eigenvalue weighted by atomic mass is 35.5. The molecule has 1 aromatic carbocycles. The zero-order valence-corrected chi connectivity index (χ0v) is 16.1. The lowest BCUT2D eigenvalue weighted by Gasteiger charge is -2.09. The minimum atomic E-state index is -0.914. The minimum Gasteiger partial charge on any atom is -0.492 e. The first-order chi connectivity index (χ1) is 13.4. The molecule has 3 rings (SSSR count). The van der Waals surface area contributed by atoms with Gasteiger partial charge < -0.3 is 15.0 Å². The maximum absolute atomic E-state index is 14.2. The van der Waals surface area contributed by atoms with E-state index in [9.17, 15) is 14.0 Å². The zero-order chi connectivity index (χ0) is 20.3. The molecule has 0 fully saturated rings. The van der Waals surface area contributed by atoms with Crippen LogP contribution >= 0.6 is 23.2 Å². The average molecular weight is 422 g/mol. The van der Waals surface area contributed by atoms with Crippen molar-refractivity contribution in [2.75, 3.05) is 11.9 Å². The van der Waals surface area contributed by atoms with Gasteiger partial charge in [-0.3, -0.25) is 14.6 Å². The van der Waals surface area contributed by atoms with E-state index in [1.165, 1.54) is 36.8 Å². The van der Waals surface area contributed by atoms with Crippen molar-refractivity contribution in [2.24, 2.45) is 0 Å². The Labute approximate surface area is 169 Å². The Kier molecular flexibility index (Phi) is 5.96.